The fraction of sp³-hybridized carbons (Fsp3) is 0.143. The van der Waals surface area contributed by atoms with E-state index in [-0.39, 0.29) is 5.92 Å². The molecule has 3 aromatic rings. The molecule has 0 saturated heterocycles. The second-order valence-electron chi connectivity index (χ2n) is 4.43. The largest absolute Gasteiger partial charge is 0.384 e. The van der Waals surface area contributed by atoms with Gasteiger partial charge in [-0.1, -0.05) is 30.3 Å². The number of nitrogens with zero attached hydrogens (tertiary/aromatic N) is 2. The van der Waals surface area contributed by atoms with Crippen molar-refractivity contribution < 1.29 is 0 Å². The highest BCUT2D eigenvalue weighted by atomic mass is 15.0. The number of hydrogen-bond donors (Lipinski definition) is 3. The highest BCUT2D eigenvalue weighted by Gasteiger charge is 2.16. The van der Waals surface area contributed by atoms with Crippen molar-refractivity contribution in [3.63, 3.8) is 0 Å². The highest BCUT2D eigenvalue weighted by Crippen LogP contribution is 2.23. The molecule has 2 aromatic heterocycles. The summed E-state index contributed by atoms with van der Waals surface area (Å²) in [7, 11) is 0. The fourth-order valence-corrected chi connectivity index (χ4v) is 2.18. The molecule has 0 radical (unpaired) electrons. The van der Waals surface area contributed by atoms with Gasteiger partial charge in [-0.2, -0.15) is 0 Å². The Bertz CT molecular complexity index is 689. The molecule has 0 fully saturated rings. The summed E-state index contributed by atoms with van der Waals surface area (Å²) >= 11 is 0. The van der Waals surface area contributed by atoms with Crippen molar-refractivity contribution in [3.05, 3.63) is 53.9 Å². The Morgan fingerprint density at radius 1 is 1.05 bits per heavy atom. The smallest absolute Gasteiger partial charge is 0.179 e. The number of benzene rings is 1. The van der Waals surface area contributed by atoms with Crippen molar-refractivity contribution in [2.24, 2.45) is 5.73 Å². The summed E-state index contributed by atoms with van der Waals surface area (Å²) in [4.78, 5) is 12.0. The van der Waals surface area contributed by atoms with Crippen molar-refractivity contribution in [2.45, 2.75) is 5.92 Å². The van der Waals surface area contributed by atoms with Gasteiger partial charge in [-0.25, -0.2) is 9.97 Å². The maximum Gasteiger partial charge on any atom is 0.179 e. The lowest BCUT2D eigenvalue weighted by Gasteiger charge is -2.11. The maximum atomic E-state index is 5.88. The molecule has 1 unspecified atom stereocenters. The summed E-state index contributed by atoms with van der Waals surface area (Å²) in [6.45, 7) is 0.485. The van der Waals surface area contributed by atoms with Crippen LogP contribution in [0.2, 0.25) is 0 Å². The van der Waals surface area contributed by atoms with E-state index in [1.165, 1.54) is 0 Å². The molecule has 5 N–H and O–H groups in total. The molecule has 0 aliphatic rings. The number of aromatic nitrogens is 3. The number of aromatic amines is 1. The zero-order valence-corrected chi connectivity index (χ0v) is 10.4. The van der Waals surface area contributed by atoms with Crippen LogP contribution in [-0.4, -0.2) is 21.5 Å². The Balaban J connectivity index is 2.07. The van der Waals surface area contributed by atoms with Crippen LogP contribution in [0.4, 0.5) is 5.82 Å². The average Bonchev–Trinajstić information content (AvgIpc) is 2.83. The summed E-state index contributed by atoms with van der Waals surface area (Å²) < 4.78 is 0. The van der Waals surface area contributed by atoms with Gasteiger partial charge in [0.2, 0.25) is 0 Å². The first kappa shape index (κ1) is 11.7. The van der Waals surface area contributed by atoms with E-state index >= 15 is 0 Å². The van der Waals surface area contributed by atoms with E-state index in [1.54, 1.807) is 6.07 Å². The van der Waals surface area contributed by atoms with E-state index in [1.807, 2.05) is 36.4 Å². The number of fused-ring (bicyclic) bond motifs is 1. The second-order valence-corrected chi connectivity index (χ2v) is 4.43. The zero-order chi connectivity index (χ0) is 13.2. The molecule has 1 atom stereocenters. The molecule has 0 amide bonds. The minimum Gasteiger partial charge on any atom is -0.384 e. The molecule has 19 heavy (non-hydrogen) atoms. The van der Waals surface area contributed by atoms with Crippen LogP contribution < -0.4 is 11.5 Å². The third-order valence-electron chi connectivity index (χ3n) is 3.15. The van der Waals surface area contributed by atoms with E-state index in [0.29, 0.717) is 18.0 Å². The molecule has 0 spiro atoms. The van der Waals surface area contributed by atoms with Gasteiger partial charge in [0, 0.05) is 6.54 Å². The summed E-state index contributed by atoms with van der Waals surface area (Å²) in [5.74, 6) is 1.33. The van der Waals surface area contributed by atoms with Gasteiger partial charge in [0.1, 0.15) is 11.6 Å². The van der Waals surface area contributed by atoms with E-state index in [9.17, 15) is 0 Å². The van der Waals surface area contributed by atoms with Crippen LogP contribution in [0.3, 0.4) is 0 Å². The number of rotatable bonds is 3. The van der Waals surface area contributed by atoms with E-state index < -0.39 is 0 Å². The third kappa shape index (κ3) is 2.15. The molecule has 0 aliphatic heterocycles. The lowest BCUT2D eigenvalue weighted by atomic mass is 9.99. The number of nitrogens with one attached hydrogen (secondary N) is 1. The normalized spacial score (nSPS) is 12.7. The van der Waals surface area contributed by atoms with Crippen molar-refractivity contribution >= 4 is 17.0 Å². The fourth-order valence-electron chi connectivity index (χ4n) is 2.18. The minimum absolute atomic E-state index is 0.0385. The van der Waals surface area contributed by atoms with Crippen molar-refractivity contribution in [1.29, 1.82) is 0 Å². The Hall–Kier alpha value is -2.40. The van der Waals surface area contributed by atoms with Crippen LogP contribution in [0.15, 0.2) is 42.5 Å². The predicted molar refractivity (Wildman–Crippen MR) is 75.6 cm³/mol. The van der Waals surface area contributed by atoms with E-state index in [4.69, 9.17) is 11.5 Å². The first-order valence-corrected chi connectivity index (χ1v) is 6.15. The van der Waals surface area contributed by atoms with E-state index in [0.717, 1.165) is 16.9 Å². The van der Waals surface area contributed by atoms with Gasteiger partial charge in [-0.05, 0) is 17.7 Å². The molecule has 0 bridgehead atoms. The Labute approximate surface area is 110 Å². The molecule has 96 valence electrons. The lowest BCUT2D eigenvalue weighted by Crippen LogP contribution is -2.15. The van der Waals surface area contributed by atoms with Gasteiger partial charge in [0.05, 0.1) is 11.4 Å². The topological polar surface area (TPSA) is 93.6 Å². The van der Waals surface area contributed by atoms with Crippen molar-refractivity contribution in [2.75, 3.05) is 12.3 Å². The molecule has 2 heterocycles. The predicted octanol–water partition coefficient (Wildman–Crippen LogP) is 1.63. The van der Waals surface area contributed by atoms with Gasteiger partial charge >= 0.3 is 0 Å². The van der Waals surface area contributed by atoms with E-state index in [2.05, 4.69) is 15.0 Å². The number of anilines is 1. The molecule has 0 saturated carbocycles. The standard InChI is InChI=1S/C14H15N5/c15-8-10(9-4-2-1-3-5-9)13-17-11-6-7-12(16)18-14(11)19-13/h1-7,10H,8,15H2,(H3,16,17,18,19). The van der Waals surface area contributed by atoms with Gasteiger partial charge in [-0.3, -0.25) is 0 Å². The Morgan fingerprint density at radius 2 is 1.84 bits per heavy atom. The van der Waals surface area contributed by atoms with Crippen LogP contribution in [0, 0.1) is 0 Å². The Morgan fingerprint density at radius 3 is 2.58 bits per heavy atom. The first-order valence-electron chi connectivity index (χ1n) is 6.15. The molecule has 5 nitrogen and oxygen atoms in total. The van der Waals surface area contributed by atoms with Gasteiger partial charge in [-0.15, -0.1) is 0 Å². The quantitative estimate of drug-likeness (QED) is 0.661. The van der Waals surface area contributed by atoms with Crippen LogP contribution in [0.1, 0.15) is 17.3 Å². The molecular weight excluding hydrogens is 238 g/mol. The monoisotopic (exact) mass is 253 g/mol. The number of H-pyrrole nitrogens is 1. The van der Waals surface area contributed by atoms with Crippen LogP contribution in [0.5, 0.6) is 0 Å². The SMILES string of the molecule is NCC(c1ccccc1)c1nc2nc(N)ccc2[nH]1. The highest BCUT2D eigenvalue weighted by molar-refractivity contribution is 5.72. The van der Waals surface area contributed by atoms with Crippen LogP contribution in [0.25, 0.3) is 11.2 Å². The summed E-state index contributed by atoms with van der Waals surface area (Å²) in [6, 6.07) is 13.7. The van der Waals surface area contributed by atoms with Crippen LogP contribution >= 0.6 is 0 Å². The van der Waals surface area contributed by atoms with Crippen molar-refractivity contribution in [3.8, 4) is 0 Å². The first-order chi connectivity index (χ1) is 9.28. The molecular formula is C14H15N5. The molecule has 1 aromatic carbocycles. The number of nitrogen functional groups attached to an aromatic ring is 1. The summed E-state index contributed by atoms with van der Waals surface area (Å²) in [5.41, 5.74) is 14.2. The molecule has 5 heteroatoms. The average molecular weight is 253 g/mol. The van der Waals surface area contributed by atoms with Gasteiger partial charge < -0.3 is 16.5 Å². The van der Waals surface area contributed by atoms with Crippen molar-refractivity contribution in [1.82, 2.24) is 15.0 Å². The molecule has 0 aliphatic carbocycles. The lowest BCUT2D eigenvalue weighted by molar-refractivity contribution is 0.768. The zero-order valence-electron chi connectivity index (χ0n) is 10.4. The van der Waals surface area contributed by atoms with Gasteiger partial charge in [0.25, 0.3) is 0 Å². The Kier molecular flexibility index (Phi) is 2.89. The third-order valence-corrected chi connectivity index (χ3v) is 3.15. The van der Waals surface area contributed by atoms with Gasteiger partial charge in [0.15, 0.2) is 5.65 Å². The summed E-state index contributed by atoms with van der Waals surface area (Å²) in [6.07, 6.45) is 0. The number of nitrogens with two attached hydrogens (primary N) is 2. The number of imidazole rings is 1. The number of hydrogen-bond acceptors (Lipinski definition) is 4. The van der Waals surface area contributed by atoms with Crippen LogP contribution in [-0.2, 0) is 0 Å². The summed E-state index contributed by atoms with van der Waals surface area (Å²) in [5, 5.41) is 0. The maximum absolute atomic E-state index is 5.88. The molecule has 3 rings (SSSR count). The second kappa shape index (κ2) is 4.70. The number of pyridine rings is 1. The minimum atomic E-state index is 0.0385.